The largest absolute Gasteiger partial charge is 0.381 e. The number of imidazole rings is 1. The molecule has 2 aromatic heterocycles. The highest BCUT2D eigenvalue weighted by molar-refractivity contribution is 5.44. The van der Waals surface area contributed by atoms with Crippen LogP contribution in [0.4, 0.5) is 5.69 Å². The second kappa shape index (κ2) is 6.05. The molecule has 3 heterocycles. The van der Waals surface area contributed by atoms with E-state index in [1.807, 2.05) is 30.0 Å². The van der Waals surface area contributed by atoms with Gasteiger partial charge in [0.2, 0.25) is 0 Å². The molecule has 2 aromatic rings. The highest BCUT2D eigenvalue weighted by atomic mass is 15.1. The summed E-state index contributed by atoms with van der Waals surface area (Å²) in [6.07, 6.45) is 9.26. The van der Waals surface area contributed by atoms with Crippen LogP contribution in [0.15, 0.2) is 30.7 Å². The zero-order valence-electron chi connectivity index (χ0n) is 11.8. The van der Waals surface area contributed by atoms with E-state index in [-0.39, 0.29) is 0 Å². The zero-order valence-corrected chi connectivity index (χ0v) is 11.8. The fourth-order valence-electron chi connectivity index (χ4n) is 2.63. The molecule has 2 N–H and O–H groups in total. The average molecular weight is 271 g/mol. The first-order valence-electron chi connectivity index (χ1n) is 7.26. The van der Waals surface area contributed by atoms with E-state index >= 15 is 0 Å². The number of rotatable bonds is 3. The van der Waals surface area contributed by atoms with Gasteiger partial charge < -0.3 is 10.6 Å². The first-order chi connectivity index (χ1) is 9.83. The van der Waals surface area contributed by atoms with E-state index in [1.165, 1.54) is 19.3 Å². The third-order valence-corrected chi connectivity index (χ3v) is 3.77. The zero-order chi connectivity index (χ0) is 13.8. The molecule has 1 aliphatic heterocycles. The van der Waals surface area contributed by atoms with Gasteiger partial charge in [0.05, 0.1) is 11.9 Å². The summed E-state index contributed by atoms with van der Waals surface area (Å²) in [7, 11) is 0. The van der Waals surface area contributed by atoms with E-state index in [0.29, 0.717) is 6.04 Å². The van der Waals surface area contributed by atoms with Gasteiger partial charge in [0.25, 0.3) is 0 Å². The second-order valence-electron chi connectivity index (χ2n) is 5.27. The van der Waals surface area contributed by atoms with Crippen LogP contribution >= 0.6 is 0 Å². The van der Waals surface area contributed by atoms with Gasteiger partial charge in [0, 0.05) is 18.4 Å². The predicted octanol–water partition coefficient (Wildman–Crippen LogP) is 2.13. The molecule has 0 aromatic carbocycles. The Morgan fingerprint density at radius 3 is 2.95 bits per heavy atom. The van der Waals surface area contributed by atoms with Crippen molar-refractivity contribution in [2.75, 3.05) is 18.4 Å². The smallest absolute Gasteiger partial charge is 0.138 e. The van der Waals surface area contributed by atoms with Gasteiger partial charge in [-0.25, -0.2) is 9.97 Å². The van der Waals surface area contributed by atoms with Crippen LogP contribution in [0.1, 0.15) is 25.1 Å². The lowest BCUT2D eigenvalue weighted by Crippen LogP contribution is -2.21. The Labute approximate surface area is 119 Å². The number of pyridine rings is 1. The van der Waals surface area contributed by atoms with Gasteiger partial charge in [0.1, 0.15) is 11.6 Å². The Bertz CT molecular complexity index is 538. The number of aryl methyl sites for hydroxylation is 1. The highest BCUT2D eigenvalue weighted by Gasteiger charge is 2.11. The molecule has 0 amide bonds. The van der Waals surface area contributed by atoms with Crippen LogP contribution in [-0.2, 0) is 0 Å². The summed E-state index contributed by atoms with van der Waals surface area (Å²) in [6.45, 7) is 4.21. The Morgan fingerprint density at radius 2 is 2.20 bits per heavy atom. The van der Waals surface area contributed by atoms with Crippen molar-refractivity contribution in [3.05, 3.63) is 36.5 Å². The lowest BCUT2D eigenvalue weighted by Gasteiger charge is -2.17. The minimum absolute atomic E-state index is 0.549. The van der Waals surface area contributed by atoms with Gasteiger partial charge in [0.15, 0.2) is 0 Å². The highest BCUT2D eigenvalue weighted by Crippen LogP contribution is 2.15. The lowest BCUT2D eigenvalue weighted by atomic mass is 10.1. The van der Waals surface area contributed by atoms with E-state index in [9.17, 15) is 0 Å². The lowest BCUT2D eigenvalue weighted by molar-refractivity contribution is 0.637. The number of nitrogens with one attached hydrogen (secondary N) is 2. The first kappa shape index (κ1) is 13.1. The van der Waals surface area contributed by atoms with Gasteiger partial charge in [-0.3, -0.25) is 4.57 Å². The third-order valence-electron chi connectivity index (χ3n) is 3.77. The van der Waals surface area contributed by atoms with Crippen LogP contribution in [0, 0.1) is 6.92 Å². The monoisotopic (exact) mass is 271 g/mol. The summed E-state index contributed by atoms with van der Waals surface area (Å²) in [5.41, 5.74) is 1.10. The molecule has 106 valence electrons. The van der Waals surface area contributed by atoms with Crippen molar-refractivity contribution in [2.45, 2.75) is 32.2 Å². The molecule has 5 nitrogen and oxygen atoms in total. The molecule has 1 fully saturated rings. The number of hydrogen-bond donors (Lipinski definition) is 2. The molecule has 0 radical (unpaired) electrons. The topological polar surface area (TPSA) is 54.8 Å². The van der Waals surface area contributed by atoms with E-state index in [0.717, 1.165) is 30.4 Å². The normalized spacial score (nSPS) is 19.6. The number of aromatic nitrogens is 3. The van der Waals surface area contributed by atoms with Crippen molar-refractivity contribution >= 4 is 5.69 Å². The van der Waals surface area contributed by atoms with Crippen molar-refractivity contribution in [2.24, 2.45) is 0 Å². The van der Waals surface area contributed by atoms with Gasteiger partial charge >= 0.3 is 0 Å². The molecule has 0 aliphatic carbocycles. The molecule has 1 atom stereocenters. The van der Waals surface area contributed by atoms with E-state index in [2.05, 4.69) is 26.7 Å². The predicted molar refractivity (Wildman–Crippen MR) is 80.2 cm³/mol. The molecule has 3 rings (SSSR count). The standard InChI is InChI=1S/C15H21N5/c1-12-17-9-10-20(12)15-5-4-14(11-18-15)19-13-3-2-7-16-8-6-13/h4-5,9-11,13,16,19H,2-3,6-8H2,1H3. The Balaban J connectivity index is 1.68. The maximum absolute atomic E-state index is 4.52. The molecule has 1 aliphatic rings. The SMILES string of the molecule is Cc1nccn1-c1ccc(NC2CCCNCC2)cn1. The van der Waals surface area contributed by atoms with Crippen LogP contribution in [0.5, 0.6) is 0 Å². The second-order valence-corrected chi connectivity index (χ2v) is 5.27. The molecule has 5 heteroatoms. The summed E-state index contributed by atoms with van der Waals surface area (Å²) in [5.74, 6) is 1.86. The molecule has 0 spiro atoms. The minimum atomic E-state index is 0.549. The minimum Gasteiger partial charge on any atom is -0.381 e. The maximum Gasteiger partial charge on any atom is 0.138 e. The molecule has 20 heavy (non-hydrogen) atoms. The molecule has 1 saturated heterocycles. The number of hydrogen-bond acceptors (Lipinski definition) is 4. The van der Waals surface area contributed by atoms with Crippen LogP contribution in [0.3, 0.4) is 0 Å². The third kappa shape index (κ3) is 2.99. The summed E-state index contributed by atoms with van der Waals surface area (Å²) in [5, 5.41) is 7.01. The average Bonchev–Trinajstić information content (AvgIpc) is 2.73. The quantitative estimate of drug-likeness (QED) is 0.898. The molecule has 0 saturated carbocycles. The van der Waals surface area contributed by atoms with E-state index < -0.39 is 0 Å². The Hall–Kier alpha value is -1.88. The van der Waals surface area contributed by atoms with Crippen molar-refractivity contribution in [3.63, 3.8) is 0 Å². The summed E-state index contributed by atoms with van der Waals surface area (Å²) in [4.78, 5) is 8.74. The van der Waals surface area contributed by atoms with E-state index in [4.69, 9.17) is 0 Å². The Kier molecular flexibility index (Phi) is 3.97. The van der Waals surface area contributed by atoms with Gasteiger partial charge in [-0.2, -0.15) is 0 Å². The van der Waals surface area contributed by atoms with Gasteiger partial charge in [-0.05, 0) is 51.4 Å². The van der Waals surface area contributed by atoms with E-state index in [1.54, 1.807) is 6.20 Å². The summed E-state index contributed by atoms with van der Waals surface area (Å²) < 4.78 is 1.99. The maximum atomic E-state index is 4.52. The van der Waals surface area contributed by atoms with Crippen molar-refractivity contribution < 1.29 is 0 Å². The summed E-state index contributed by atoms with van der Waals surface area (Å²) >= 11 is 0. The summed E-state index contributed by atoms with van der Waals surface area (Å²) in [6, 6.07) is 4.68. The molecule has 1 unspecified atom stereocenters. The molecule has 0 bridgehead atoms. The van der Waals surface area contributed by atoms with Gasteiger partial charge in [-0.1, -0.05) is 0 Å². The van der Waals surface area contributed by atoms with Crippen LogP contribution in [0.2, 0.25) is 0 Å². The van der Waals surface area contributed by atoms with Gasteiger partial charge in [-0.15, -0.1) is 0 Å². The Morgan fingerprint density at radius 1 is 1.25 bits per heavy atom. The number of anilines is 1. The fourth-order valence-corrected chi connectivity index (χ4v) is 2.63. The van der Waals surface area contributed by atoms with Crippen LogP contribution in [0.25, 0.3) is 5.82 Å². The first-order valence-corrected chi connectivity index (χ1v) is 7.26. The van der Waals surface area contributed by atoms with Crippen molar-refractivity contribution in [3.8, 4) is 5.82 Å². The molecular weight excluding hydrogens is 250 g/mol. The van der Waals surface area contributed by atoms with Crippen molar-refractivity contribution in [1.82, 2.24) is 19.9 Å². The molecular formula is C15H21N5. The van der Waals surface area contributed by atoms with Crippen LogP contribution < -0.4 is 10.6 Å². The number of nitrogens with zero attached hydrogens (tertiary/aromatic N) is 3. The fraction of sp³-hybridized carbons (Fsp3) is 0.467. The van der Waals surface area contributed by atoms with Crippen molar-refractivity contribution in [1.29, 1.82) is 0 Å². The van der Waals surface area contributed by atoms with Crippen LogP contribution in [-0.4, -0.2) is 33.7 Å².